The van der Waals surface area contributed by atoms with E-state index >= 15 is 0 Å². The fourth-order valence-corrected chi connectivity index (χ4v) is 3.63. The Kier molecular flexibility index (Phi) is 8.20. The molecule has 1 N–H and O–H groups in total. The predicted octanol–water partition coefficient (Wildman–Crippen LogP) is 2.91. The molecule has 0 radical (unpaired) electrons. The number of nitrogens with zero attached hydrogens (tertiary/aromatic N) is 6. The zero-order valence-electron chi connectivity index (χ0n) is 18.3. The number of halogens is 1. The summed E-state index contributed by atoms with van der Waals surface area (Å²) in [6.07, 6.45) is 5.38. The van der Waals surface area contributed by atoms with Crippen molar-refractivity contribution in [3.63, 3.8) is 0 Å². The number of guanidine groups is 1. The minimum absolute atomic E-state index is 0. The van der Waals surface area contributed by atoms with Gasteiger partial charge >= 0.3 is 0 Å². The molecule has 3 heterocycles. The lowest BCUT2D eigenvalue weighted by Gasteiger charge is -2.35. The van der Waals surface area contributed by atoms with Crippen LogP contribution in [-0.4, -0.2) is 57.7 Å². The maximum atomic E-state index is 12.8. The first-order chi connectivity index (χ1) is 15.1. The molecular weight excluding hydrogens is 517 g/mol. The number of rotatable bonds is 5. The third kappa shape index (κ3) is 5.64. The summed E-state index contributed by atoms with van der Waals surface area (Å²) in [6.45, 7) is 4.90. The van der Waals surface area contributed by atoms with Crippen molar-refractivity contribution in [2.45, 2.75) is 13.5 Å². The van der Waals surface area contributed by atoms with Gasteiger partial charge in [-0.05, 0) is 30.7 Å². The van der Waals surface area contributed by atoms with Crippen molar-refractivity contribution in [3.8, 4) is 11.3 Å². The number of hydrogen-bond acceptors (Lipinski definition) is 4. The molecule has 0 unspecified atom stereocenters. The Balaban J connectivity index is 0.00000289. The van der Waals surface area contributed by atoms with E-state index in [0.717, 1.165) is 35.0 Å². The van der Waals surface area contributed by atoms with Crippen LogP contribution in [0.3, 0.4) is 0 Å². The molecule has 0 spiro atoms. The molecule has 9 heteroatoms. The Hall–Kier alpha value is -2.95. The van der Waals surface area contributed by atoms with Gasteiger partial charge in [0.15, 0.2) is 5.96 Å². The SMILES string of the molecule is CCNC(=NCc1cccc(-c2ccccn2)c1)N1CCN(c2cnn(C)c2)C(=O)C1.I. The molecule has 1 fully saturated rings. The first-order valence-electron chi connectivity index (χ1n) is 10.5. The molecule has 1 aliphatic heterocycles. The summed E-state index contributed by atoms with van der Waals surface area (Å²) >= 11 is 0. The second-order valence-corrected chi connectivity index (χ2v) is 7.42. The summed E-state index contributed by atoms with van der Waals surface area (Å²) in [6, 6.07) is 14.1. The van der Waals surface area contributed by atoms with Crippen molar-refractivity contribution >= 4 is 41.5 Å². The highest BCUT2D eigenvalue weighted by Crippen LogP contribution is 2.19. The standard InChI is InChI=1S/C23H27N7O.HI/c1-3-24-23(29-11-12-30(22(31)17-29)20-15-27-28(2)16-20)26-14-18-7-6-8-19(13-18)21-9-4-5-10-25-21;/h4-10,13,15-16H,3,11-12,14,17H2,1-2H3,(H,24,26);1H. The van der Waals surface area contributed by atoms with Crippen LogP contribution in [0.5, 0.6) is 0 Å². The number of aromatic nitrogens is 3. The van der Waals surface area contributed by atoms with Crippen molar-refractivity contribution < 1.29 is 4.79 Å². The lowest BCUT2D eigenvalue weighted by molar-refractivity contribution is -0.120. The monoisotopic (exact) mass is 545 g/mol. The molecular formula is C23H28IN7O. The van der Waals surface area contributed by atoms with Crippen LogP contribution in [0.25, 0.3) is 11.3 Å². The molecule has 2 aromatic heterocycles. The van der Waals surface area contributed by atoms with Crippen LogP contribution in [0, 0.1) is 0 Å². The Bertz CT molecular complexity index is 1070. The maximum absolute atomic E-state index is 12.8. The molecule has 1 saturated heterocycles. The first-order valence-corrected chi connectivity index (χ1v) is 10.5. The smallest absolute Gasteiger partial charge is 0.246 e. The average molecular weight is 545 g/mol. The highest BCUT2D eigenvalue weighted by Gasteiger charge is 2.27. The van der Waals surface area contributed by atoms with Crippen LogP contribution >= 0.6 is 24.0 Å². The molecule has 0 aliphatic carbocycles. The van der Waals surface area contributed by atoms with Gasteiger partial charge in [0.2, 0.25) is 5.91 Å². The van der Waals surface area contributed by atoms with Crippen molar-refractivity contribution in [2.24, 2.45) is 12.0 Å². The molecule has 32 heavy (non-hydrogen) atoms. The molecule has 0 atom stereocenters. The van der Waals surface area contributed by atoms with Gasteiger partial charge < -0.3 is 15.1 Å². The largest absolute Gasteiger partial charge is 0.356 e. The number of carbonyl (C=O) groups is 1. The minimum atomic E-state index is 0. The van der Waals surface area contributed by atoms with E-state index in [1.165, 1.54) is 0 Å². The number of anilines is 1. The normalized spacial score (nSPS) is 14.3. The molecule has 4 rings (SSSR count). The summed E-state index contributed by atoms with van der Waals surface area (Å²) in [4.78, 5) is 25.8. The van der Waals surface area contributed by atoms with Gasteiger partial charge in [0.05, 0.1) is 24.1 Å². The van der Waals surface area contributed by atoms with Crippen molar-refractivity contribution in [2.75, 3.05) is 31.1 Å². The van der Waals surface area contributed by atoms with Crippen LogP contribution < -0.4 is 10.2 Å². The summed E-state index contributed by atoms with van der Waals surface area (Å²) in [5.41, 5.74) is 3.94. The van der Waals surface area contributed by atoms with Gasteiger partial charge in [0, 0.05) is 44.6 Å². The predicted molar refractivity (Wildman–Crippen MR) is 137 cm³/mol. The summed E-state index contributed by atoms with van der Waals surface area (Å²) < 4.78 is 1.71. The second kappa shape index (κ2) is 11.1. The number of nitrogens with one attached hydrogen (secondary N) is 1. The number of amides is 1. The fourth-order valence-electron chi connectivity index (χ4n) is 3.63. The van der Waals surface area contributed by atoms with Crippen LogP contribution in [-0.2, 0) is 18.4 Å². The molecule has 1 aliphatic rings. The van der Waals surface area contributed by atoms with Crippen molar-refractivity contribution in [1.29, 1.82) is 0 Å². The summed E-state index contributed by atoms with van der Waals surface area (Å²) in [7, 11) is 1.85. The number of benzene rings is 1. The topological polar surface area (TPSA) is 78.7 Å². The molecule has 1 aromatic carbocycles. The van der Waals surface area contributed by atoms with E-state index in [0.29, 0.717) is 19.6 Å². The van der Waals surface area contributed by atoms with Crippen LogP contribution in [0.15, 0.2) is 66.0 Å². The summed E-state index contributed by atoms with van der Waals surface area (Å²) in [5.74, 6) is 0.798. The van der Waals surface area contributed by atoms with E-state index < -0.39 is 0 Å². The van der Waals surface area contributed by atoms with Gasteiger partial charge in [0.25, 0.3) is 0 Å². The Labute approximate surface area is 205 Å². The van der Waals surface area contributed by atoms with Gasteiger partial charge in [-0.2, -0.15) is 5.10 Å². The molecule has 0 saturated carbocycles. The lowest BCUT2D eigenvalue weighted by Crippen LogP contribution is -2.55. The Morgan fingerprint density at radius 2 is 2.06 bits per heavy atom. The van der Waals surface area contributed by atoms with E-state index in [4.69, 9.17) is 4.99 Å². The van der Waals surface area contributed by atoms with Crippen LogP contribution in [0.2, 0.25) is 0 Å². The van der Waals surface area contributed by atoms with E-state index in [2.05, 4.69) is 33.6 Å². The fraction of sp³-hybridized carbons (Fsp3) is 0.304. The Morgan fingerprint density at radius 1 is 1.19 bits per heavy atom. The number of aryl methyl sites for hydroxylation is 1. The van der Waals surface area contributed by atoms with Crippen LogP contribution in [0.4, 0.5) is 5.69 Å². The maximum Gasteiger partial charge on any atom is 0.246 e. The highest BCUT2D eigenvalue weighted by molar-refractivity contribution is 14.0. The summed E-state index contributed by atoms with van der Waals surface area (Å²) in [5, 5.41) is 7.49. The van der Waals surface area contributed by atoms with E-state index in [9.17, 15) is 4.79 Å². The number of pyridine rings is 1. The molecule has 8 nitrogen and oxygen atoms in total. The van der Waals surface area contributed by atoms with E-state index in [1.54, 1.807) is 22.0 Å². The third-order valence-corrected chi connectivity index (χ3v) is 5.16. The molecule has 1 amide bonds. The highest BCUT2D eigenvalue weighted by atomic mass is 127. The van der Waals surface area contributed by atoms with Gasteiger partial charge in [-0.25, -0.2) is 4.99 Å². The zero-order chi connectivity index (χ0) is 21.6. The Morgan fingerprint density at radius 3 is 2.75 bits per heavy atom. The second-order valence-electron chi connectivity index (χ2n) is 7.42. The van der Waals surface area contributed by atoms with E-state index in [1.807, 2.05) is 49.3 Å². The molecule has 168 valence electrons. The van der Waals surface area contributed by atoms with Crippen LogP contribution in [0.1, 0.15) is 12.5 Å². The average Bonchev–Trinajstić information content (AvgIpc) is 3.23. The third-order valence-electron chi connectivity index (χ3n) is 5.16. The number of hydrogen-bond donors (Lipinski definition) is 1. The number of piperazine rings is 1. The van der Waals surface area contributed by atoms with Gasteiger partial charge in [-0.1, -0.05) is 24.3 Å². The first kappa shape index (κ1) is 23.7. The zero-order valence-corrected chi connectivity index (χ0v) is 20.6. The van der Waals surface area contributed by atoms with Gasteiger partial charge in [-0.15, -0.1) is 24.0 Å². The van der Waals surface area contributed by atoms with Gasteiger partial charge in [0.1, 0.15) is 6.54 Å². The van der Waals surface area contributed by atoms with Crippen molar-refractivity contribution in [1.82, 2.24) is 25.0 Å². The van der Waals surface area contributed by atoms with Gasteiger partial charge in [-0.3, -0.25) is 14.5 Å². The quantitative estimate of drug-likeness (QED) is 0.303. The number of aliphatic imine (C=N–C) groups is 1. The molecule has 0 bridgehead atoms. The minimum Gasteiger partial charge on any atom is -0.356 e. The lowest BCUT2D eigenvalue weighted by atomic mass is 10.1. The number of carbonyl (C=O) groups excluding carboxylic acids is 1. The van der Waals surface area contributed by atoms with E-state index in [-0.39, 0.29) is 36.4 Å². The van der Waals surface area contributed by atoms with Crippen molar-refractivity contribution in [3.05, 3.63) is 66.6 Å². The molecule has 3 aromatic rings.